The summed E-state index contributed by atoms with van der Waals surface area (Å²) in [4.78, 5) is 0. The second kappa shape index (κ2) is 5.26. The molecule has 3 rings (SSSR count). The average molecular weight is 299 g/mol. The molecule has 0 atom stereocenters. The molecule has 3 nitrogen and oxygen atoms in total. The summed E-state index contributed by atoms with van der Waals surface area (Å²) in [5.74, 6) is 0.318. The minimum atomic E-state index is 0.318. The number of nitrogens with zero attached hydrogens (tertiary/aromatic N) is 1. The van der Waals surface area contributed by atoms with Crippen LogP contribution in [0.15, 0.2) is 47.0 Å². The molecule has 1 aromatic heterocycles. The molecule has 21 heavy (non-hydrogen) atoms. The van der Waals surface area contributed by atoms with E-state index in [1.807, 2.05) is 56.3 Å². The number of nitrogens with two attached hydrogens (primary N) is 1. The average Bonchev–Trinajstić information content (AvgIpc) is 2.84. The van der Waals surface area contributed by atoms with Gasteiger partial charge in [-0.25, -0.2) is 0 Å². The van der Waals surface area contributed by atoms with Crippen LogP contribution in [-0.2, 0) is 0 Å². The highest BCUT2D eigenvalue weighted by Crippen LogP contribution is 2.39. The molecule has 3 aromatic rings. The highest BCUT2D eigenvalue weighted by atomic mass is 35.5. The zero-order chi connectivity index (χ0) is 15.0. The van der Waals surface area contributed by atoms with Crippen molar-refractivity contribution >= 4 is 17.5 Å². The second-order valence-electron chi connectivity index (χ2n) is 5.00. The van der Waals surface area contributed by atoms with Gasteiger partial charge in [0, 0.05) is 10.6 Å². The second-order valence-corrected chi connectivity index (χ2v) is 5.40. The number of hydrogen-bond acceptors (Lipinski definition) is 3. The zero-order valence-electron chi connectivity index (χ0n) is 11.9. The Balaban J connectivity index is 2.28. The van der Waals surface area contributed by atoms with Gasteiger partial charge < -0.3 is 10.3 Å². The van der Waals surface area contributed by atoms with Gasteiger partial charge in [-0.15, -0.1) is 0 Å². The van der Waals surface area contributed by atoms with Gasteiger partial charge in [0.15, 0.2) is 0 Å². The van der Waals surface area contributed by atoms with E-state index in [9.17, 15) is 0 Å². The minimum Gasteiger partial charge on any atom is -0.367 e. The Kier molecular flexibility index (Phi) is 3.43. The molecule has 0 saturated heterocycles. The molecule has 4 heteroatoms. The van der Waals surface area contributed by atoms with E-state index in [2.05, 4.69) is 5.16 Å². The molecular formula is C17H15ClN2O. The van der Waals surface area contributed by atoms with Gasteiger partial charge >= 0.3 is 0 Å². The molecule has 0 radical (unpaired) electrons. The van der Waals surface area contributed by atoms with Gasteiger partial charge in [0.1, 0.15) is 5.69 Å². The largest absolute Gasteiger partial charge is 0.367 e. The molecule has 0 fully saturated rings. The maximum Gasteiger partial charge on any atom is 0.230 e. The summed E-state index contributed by atoms with van der Waals surface area (Å²) in [7, 11) is 0. The summed E-state index contributed by atoms with van der Waals surface area (Å²) in [6.45, 7) is 4.00. The molecule has 0 aliphatic carbocycles. The maximum atomic E-state index is 6.21. The number of halogens is 1. The Morgan fingerprint density at radius 3 is 2.48 bits per heavy atom. The van der Waals surface area contributed by atoms with Crippen LogP contribution in [0, 0.1) is 13.8 Å². The Morgan fingerprint density at radius 2 is 1.71 bits per heavy atom. The summed E-state index contributed by atoms with van der Waals surface area (Å²) >= 11 is 6.21. The fourth-order valence-corrected chi connectivity index (χ4v) is 2.64. The van der Waals surface area contributed by atoms with Crippen LogP contribution in [0.2, 0.25) is 5.02 Å². The Morgan fingerprint density at radius 1 is 1.00 bits per heavy atom. The molecular weight excluding hydrogens is 284 g/mol. The predicted octanol–water partition coefficient (Wildman–Crippen LogP) is 4.86. The third-order valence-electron chi connectivity index (χ3n) is 3.66. The zero-order valence-corrected chi connectivity index (χ0v) is 12.6. The molecule has 0 unspecified atom stereocenters. The first-order valence-corrected chi connectivity index (χ1v) is 7.04. The van der Waals surface area contributed by atoms with Crippen LogP contribution in [0.3, 0.4) is 0 Å². The fraction of sp³-hybridized carbons (Fsp3) is 0.118. The third kappa shape index (κ3) is 2.30. The van der Waals surface area contributed by atoms with Crippen molar-refractivity contribution in [2.24, 2.45) is 0 Å². The minimum absolute atomic E-state index is 0.318. The van der Waals surface area contributed by atoms with Crippen LogP contribution in [-0.4, -0.2) is 5.16 Å². The van der Waals surface area contributed by atoms with Crippen LogP contribution in [0.1, 0.15) is 11.1 Å². The number of aromatic nitrogens is 1. The van der Waals surface area contributed by atoms with Crippen LogP contribution in [0.5, 0.6) is 0 Å². The predicted molar refractivity (Wildman–Crippen MR) is 86.3 cm³/mol. The van der Waals surface area contributed by atoms with Gasteiger partial charge in [0.2, 0.25) is 5.88 Å². The SMILES string of the molecule is Cc1ccccc1-c1c(-c2cccc(Cl)c2C)noc1N. The van der Waals surface area contributed by atoms with E-state index in [4.69, 9.17) is 21.9 Å². The first-order chi connectivity index (χ1) is 10.1. The summed E-state index contributed by atoms with van der Waals surface area (Å²) in [5.41, 5.74) is 11.6. The molecule has 2 N–H and O–H groups in total. The number of anilines is 1. The molecule has 1 heterocycles. The van der Waals surface area contributed by atoms with E-state index < -0.39 is 0 Å². The molecule has 0 aliphatic rings. The van der Waals surface area contributed by atoms with E-state index in [-0.39, 0.29) is 0 Å². The highest BCUT2D eigenvalue weighted by molar-refractivity contribution is 6.31. The van der Waals surface area contributed by atoms with E-state index in [1.165, 1.54) is 0 Å². The van der Waals surface area contributed by atoms with Crippen LogP contribution in [0.25, 0.3) is 22.4 Å². The standard InChI is InChI=1S/C17H15ClN2O/c1-10-6-3-4-7-12(10)15-16(20-21-17(15)19)13-8-5-9-14(18)11(13)2/h3-9H,19H2,1-2H3. The van der Waals surface area contributed by atoms with Crippen LogP contribution >= 0.6 is 11.6 Å². The smallest absolute Gasteiger partial charge is 0.230 e. The van der Waals surface area contributed by atoms with Gasteiger partial charge in [0.25, 0.3) is 0 Å². The molecule has 106 valence electrons. The third-order valence-corrected chi connectivity index (χ3v) is 4.07. The fourth-order valence-electron chi connectivity index (χ4n) is 2.46. The molecule has 0 saturated carbocycles. The van der Waals surface area contributed by atoms with Crippen molar-refractivity contribution in [1.29, 1.82) is 0 Å². The van der Waals surface area contributed by atoms with Gasteiger partial charge in [-0.05, 0) is 36.6 Å². The number of aryl methyl sites for hydroxylation is 1. The van der Waals surface area contributed by atoms with Gasteiger partial charge in [-0.3, -0.25) is 0 Å². The number of benzene rings is 2. The molecule has 0 spiro atoms. The lowest BCUT2D eigenvalue weighted by Gasteiger charge is -2.09. The van der Waals surface area contributed by atoms with Crippen molar-refractivity contribution in [2.75, 3.05) is 5.73 Å². The van der Waals surface area contributed by atoms with Crippen LogP contribution in [0.4, 0.5) is 5.88 Å². The maximum absolute atomic E-state index is 6.21. The molecule has 2 aromatic carbocycles. The lowest BCUT2D eigenvalue weighted by atomic mass is 9.95. The van der Waals surface area contributed by atoms with Crippen molar-refractivity contribution in [3.63, 3.8) is 0 Å². The van der Waals surface area contributed by atoms with E-state index >= 15 is 0 Å². The Labute approximate surface area is 128 Å². The lowest BCUT2D eigenvalue weighted by molar-refractivity contribution is 0.439. The first-order valence-electron chi connectivity index (χ1n) is 6.66. The molecule has 0 bridgehead atoms. The monoisotopic (exact) mass is 298 g/mol. The van der Waals surface area contributed by atoms with Crippen molar-refractivity contribution in [3.05, 3.63) is 58.6 Å². The quantitative estimate of drug-likeness (QED) is 0.735. The Bertz CT molecular complexity index is 808. The van der Waals surface area contributed by atoms with Crippen molar-refractivity contribution in [3.8, 4) is 22.4 Å². The van der Waals surface area contributed by atoms with Gasteiger partial charge in [0.05, 0.1) is 5.56 Å². The highest BCUT2D eigenvalue weighted by Gasteiger charge is 2.20. The van der Waals surface area contributed by atoms with E-state index in [0.717, 1.165) is 33.5 Å². The van der Waals surface area contributed by atoms with E-state index in [0.29, 0.717) is 10.9 Å². The number of hydrogen-bond donors (Lipinski definition) is 1. The number of nitrogen functional groups attached to an aromatic ring is 1. The summed E-state index contributed by atoms with van der Waals surface area (Å²) < 4.78 is 5.24. The van der Waals surface area contributed by atoms with Gasteiger partial charge in [-0.1, -0.05) is 53.2 Å². The van der Waals surface area contributed by atoms with Crippen LogP contribution < -0.4 is 5.73 Å². The Hall–Kier alpha value is -2.26. The molecule has 0 amide bonds. The topological polar surface area (TPSA) is 52.0 Å². The number of rotatable bonds is 2. The summed E-state index contributed by atoms with van der Waals surface area (Å²) in [6.07, 6.45) is 0. The summed E-state index contributed by atoms with van der Waals surface area (Å²) in [6, 6.07) is 13.8. The first kappa shape index (κ1) is 13.7. The van der Waals surface area contributed by atoms with E-state index in [1.54, 1.807) is 0 Å². The van der Waals surface area contributed by atoms with Gasteiger partial charge in [-0.2, -0.15) is 0 Å². The lowest BCUT2D eigenvalue weighted by Crippen LogP contribution is -1.91. The molecule has 0 aliphatic heterocycles. The normalized spacial score (nSPS) is 10.8. The summed E-state index contributed by atoms with van der Waals surface area (Å²) in [5, 5.41) is 4.85. The van der Waals surface area contributed by atoms with Crippen molar-refractivity contribution in [1.82, 2.24) is 5.16 Å². The van der Waals surface area contributed by atoms with Crippen molar-refractivity contribution < 1.29 is 4.52 Å². The van der Waals surface area contributed by atoms with Crippen molar-refractivity contribution in [2.45, 2.75) is 13.8 Å².